The van der Waals surface area contributed by atoms with Crippen molar-refractivity contribution in [1.29, 1.82) is 0 Å². The number of nitrogens with zero attached hydrogens (tertiary/aromatic N) is 2. The highest BCUT2D eigenvalue weighted by atomic mass is 32.2. The van der Waals surface area contributed by atoms with Crippen molar-refractivity contribution < 1.29 is 18.3 Å². The zero-order chi connectivity index (χ0) is 14.2. The van der Waals surface area contributed by atoms with E-state index in [0.29, 0.717) is 6.54 Å². The van der Waals surface area contributed by atoms with E-state index in [9.17, 15) is 13.2 Å². The summed E-state index contributed by atoms with van der Waals surface area (Å²) in [5, 5.41) is 8.98. The molecule has 1 aliphatic heterocycles. The van der Waals surface area contributed by atoms with Gasteiger partial charge in [-0.05, 0) is 25.3 Å². The first kappa shape index (κ1) is 14.1. The van der Waals surface area contributed by atoms with Crippen molar-refractivity contribution in [3.8, 4) is 0 Å². The minimum Gasteiger partial charge on any atom is -0.477 e. The van der Waals surface area contributed by atoms with Crippen LogP contribution in [-0.4, -0.2) is 41.0 Å². The Morgan fingerprint density at radius 3 is 2.74 bits per heavy atom. The molecule has 0 amide bonds. The number of aromatic nitrogens is 1. The van der Waals surface area contributed by atoms with Crippen LogP contribution in [-0.2, 0) is 17.1 Å². The van der Waals surface area contributed by atoms with Gasteiger partial charge in [0.1, 0.15) is 10.6 Å². The minimum atomic E-state index is -3.59. The van der Waals surface area contributed by atoms with Crippen molar-refractivity contribution in [2.24, 2.45) is 7.05 Å². The number of carbonyl (C=O) groups is 1. The van der Waals surface area contributed by atoms with E-state index >= 15 is 0 Å². The second kappa shape index (κ2) is 4.97. The Kier molecular flexibility index (Phi) is 3.69. The van der Waals surface area contributed by atoms with Crippen LogP contribution in [0.4, 0.5) is 0 Å². The number of carboxylic acid groups (broad SMARTS) is 1. The van der Waals surface area contributed by atoms with Gasteiger partial charge >= 0.3 is 5.97 Å². The van der Waals surface area contributed by atoms with Gasteiger partial charge in [0.2, 0.25) is 10.0 Å². The fourth-order valence-corrected chi connectivity index (χ4v) is 4.40. The van der Waals surface area contributed by atoms with Gasteiger partial charge in [0.05, 0.1) is 0 Å². The van der Waals surface area contributed by atoms with Crippen molar-refractivity contribution >= 4 is 16.0 Å². The molecule has 106 valence electrons. The third-order valence-electron chi connectivity index (χ3n) is 3.60. The highest BCUT2D eigenvalue weighted by molar-refractivity contribution is 7.89. The van der Waals surface area contributed by atoms with Gasteiger partial charge in [-0.3, -0.25) is 0 Å². The Morgan fingerprint density at radius 2 is 2.21 bits per heavy atom. The summed E-state index contributed by atoms with van der Waals surface area (Å²) in [6.45, 7) is 2.48. The fourth-order valence-electron chi connectivity index (χ4n) is 2.56. The van der Waals surface area contributed by atoms with Gasteiger partial charge in [-0.2, -0.15) is 4.31 Å². The lowest BCUT2D eigenvalue weighted by molar-refractivity contribution is 0.0686. The minimum absolute atomic E-state index is 0.0224. The Morgan fingerprint density at radius 1 is 1.53 bits per heavy atom. The largest absolute Gasteiger partial charge is 0.477 e. The van der Waals surface area contributed by atoms with Gasteiger partial charge in [-0.25, -0.2) is 13.2 Å². The third kappa shape index (κ3) is 2.40. The number of carboxylic acids is 1. The Hall–Kier alpha value is -1.34. The van der Waals surface area contributed by atoms with Crippen molar-refractivity contribution in [2.75, 3.05) is 6.54 Å². The maximum Gasteiger partial charge on any atom is 0.352 e. The van der Waals surface area contributed by atoms with Gasteiger partial charge in [0, 0.05) is 25.8 Å². The zero-order valence-corrected chi connectivity index (χ0v) is 11.9. The van der Waals surface area contributed by atoms with Gasteiger partial charge in [-0.1, -0.05) is 6.92 Å². The molecule has 1 saturated heterocycles. The maximum absolute atomic E-state index is 12.5. The van der Waals surface area contributed by atoms with Crippen LogP contribution in [0.1, 0.15) is 36.7 Å². The molecule has 0 radical (unpaired) electrons. The Bertz CT molecular complexity index is 591. The highest BCUT2D eigenvalue weighted by Crippen LogP contribution is 2.28. The third-order valence-corrected chi connectivity index (χ3v) is 5.52. The molecule has 0 aliphatic carbocycles. The van der Waals surface area contributed by atoms with Gasteiger partial charge in [0.15, 0.2) is 0 Å². The molecule has 2 heterocycles. The van der Waals surface area contributed by atoms with Crippen LogP contribution in [0.25, 0.3) is 0 Å². The summed E-state index contributed by atoms with van der Waals surface area (Å²) >= 11 is 0. The molecular weight excluding hydrogens is 268 g/mol. The summed E-state index contributed by atoms with van der Waals surface area (Å²) in [7, 11) is -2.05. The van der Waals surface area contributed by atoms with Crippen molar-refractivity contribution in [2.45, 2.75) is 37.1 Å². The van der Waals surface area contributed by atoms with Gasteiger partial charge in [-0.15, -0.1) is 0 Å². The second-order valence-electron chi connectivity index (χ2n) is 4.80. The molecular formula is C12H18N2O4S. The van der Waals surface area contributed by atoms with E-state index in [1.54, 1.807) is 0 Å². The lowest BCUT2D eigenvalue weighted by Gasteiger charge is -2.22. The summed E-state index contributed by atoms with van der Waals surface area (Å²) < 4.78 is 27.8. The van der Waals surface area contributed by atoms with E-state index in [4.69, 9.17) is 5.11 Å². The predicted molar refractivity (Wildman–Crippen MR) is 69.6 cm³/mol. The maximum atomic E-state index is 12.5. The fraction of sp³-hybridized carbons (Fsp3) is 0.583. The number of sulfonamides is 1. The van der Waals surface area contributed by atoms with Crippen LogP contribution in [0.2, 0.25) is 0 Å². The number of aromatic carboxylic acids is 1. The van der Waals surface area contributed by atoms with E-state index in [2.05, 4.69) is 0 Å². The Balaban J connectivity index is 2.40. The first-order chi connectivity index (χ1) is 8.87. The molecule has 19 heavy (non-hydrogen) atoms. The number of rotatable bonds is 4. The first-order valence-corrected chi connectivity index (χ1v) is 7.73. The zero-order valence-electron chi connectivity index (χ0n) is 11.0. The van der Waals surface area contributed by atoms with Crippen LogP contribution in [0.5, 0.6) is 0 Å². The monoisotopic (exact) mass is 286 g/mol. The SMILES string of the molecule is CCC1CCCN1S(=O)(=O)c1cc(C(=O)O)n(C)c1. The summed E-state index contributed by atoms with van der Waals surface area (Å²) in [5.41, 5.74) is -0.0224. The average molecular weight is 286 g/mol. The van der Waals surface area contributed by atoms with E-state index < -0.39 is 16.0 Å². The van der Waals surface area contributed by atoms with E-state index in [1.807, 2.05) is 6.92 Å². The van der Waals surface area contributed by atoms with Crippen LogP contribution in [0.3, 0.4) is 0 Å². The van der Waals surface area contributed by atoms with Gasteiger partial charge < -0.3 is 9.67 Å². The molecule has 2 rings (SSSR count). The molecule has 1 fully saturated rings. The topological polar surface area (TPSA) is 79.6 Å². The van der Waals surface area contributed by atoms with Crippen molar-refractivity contribution in [3.63, 3.8) is 0 Å². The quantitative estimate of drug-likeness (QED) is 0.904. The summed E-state index contributed by atoms with van der Waals surface area (Å²) in [4.78, 5) is 11.0. The molecule has 7 heteroatoms. The lowest BCUT2D eigenvalue weighted by atomic mass is 10.2. The Labute approximate surface area is 112 Å². The second-order valence-corrected chi connectivity index (χ2v) is 6.69. The molecule has 1 aromatic heterocycles. The van der Waals surface area contributed by atoms with Crippen molar-refractivity contribution in [1.82, 2.24) is 8.87 Å². The normalized spacial score (nSPS) is 20.8. The van der Waals surface area contributed by atoms with Crippen LogP contribution in [0, 0.1) is 0 Å². The number of hydrogen-bond acceptors (Lipinski definition) is 3. The lowest BCUT2D eigenvalue weighted by Crippen LogP contribution is -2.34. The van der Waals surface area contributed by atoms with E-state index in [0.717, 1.165) is 19.3 Å². The molecule has 6 nitrogen and oxygen atoms in total. The van der Waals surface area contributed by atoms with Gasteiger partial charge in [0.25, 0.3) is 0 Å². The number of hydrogen-bond donors (Lipinski definition) is 1. The molecule has 0 saturated carbocycles. The predicted octanol–water partition coefficient (Wildman–Crippen LogP) is 1.29. The molecule has 1 unspecified atom stereocenters. The highest BCUT2D eigenvalue weighted by Gasteiger charge is 2.35. The van der Waals surface area contributed by atoms with Crippen LogP contribution >= 0.6 is 0 Å². The average Bonchev–Trinajstić information content (AvgIpc) is 2.94. The standard InChI is InChI=1S/C12H18N2O4S/c1-3-9-5-4-6-14(9)19(17,18)10-7-11(12(15)16)13(2)8-10/h7-9H,3-6H2,1-2H3,(H,15,16). The van der Waals surface area contributed by atoms with E-state index in [1.165, 1.54) is 28.2 Å². The van der Waals surface area contributed by atoms with E-state index in [-0.39, 0.29) is 16.6 Å². The van der Waals surface area contributed by atoms with Crippen LogP contribution < -0.4 is 0 Å². The molecule has 1 atom stereocenters. The molecule has 0 bridgehead atoms. The van der Waals surface area contributed by atoms with Crippen LogP contribution in [0.15, 0.2) is 17.2 Å². The molecule has 0 spiro atoms. The first-order valence-electron chi connectivity index (χ1n) is 6.29. The smallest absolute Gasteiger partial charge is 0.352 e. The molecule has 1 N–H and O–H groups in total. The molecule has 1 aliphatic rings. The summed E-state index contributed by atoms with van der Waals surface area (Å²) in [5.74, 6) is -1.13. The molecule has 0 aromatic carbocycles. The summed E-state index contributed by atoms with van der Waals surface area (Å²) in [6.07, 6.45) is 3.87. The van der Waals surface area contributed by atoms with Crippen molar-refractivity contribution in [3.05, 3.63) is 18.0 Å². The number of aryl methyl sites for hydroxylation is 1. The summed E-state index contributed by atoms with van der Waals surface area (Å²) in [6, 6.07) is 1.25. The molecule has 1 aromatic rings.